The first-order chi connectivity index (χ1) is 12.7. The maximum absolute atomic E-state index is 12.7. The first-order valence-electron chi connectivity index (χ1n) is 8.19. The third-order valence-corrected chi connectivity index (χ3v) is 4.18. The molecule has 2 amide bonds. The van der Waals surface area contributed by atoms with E-state index in [4.69, 9.17) is 9.47 Å². The molecule has 1 atom stereocenters. The predicted molar refractivity (Wildman–Crippen MR) is 92.8 cm³/mol. The summed E-state index contributed by atoms with van der Waals surface area (Å²) in [6.07, 6.45) is -3.48. The highest BCUT2D eigenvalue weighted by Gasteiger charge is 2.41. The molecule has 1 heterocycles. The van der Waals surface area contributed by atoms with Crippen LogP contribution in [-0.2, 0) is 9.59 Å². The molecule has 1 unspecified atom stereocenters. The molecule has 0 bridgehead atoms. The van der Waals surface area contributed by atoms with Gasteiger partial charge in [-0.3, -0.25) is 9.59 Å². The molecule has 6 nitrogen and oxygen atoms in total. The van der Waals surface area contributed by atoms with Crippen LogP contribution in [0.5, 0.6) is 11.5 Å². The van der Waals surface area contributed by atoms with Crippen molar-refractivity contribution in [2.45, 2.75) is 12.6 Å². The molecule has 2 rings (SSSR count). The number of rotatable bonds is 7. The number of halogens is 3. The molecule has 1 aromatic rings. The van der Waals surface area contributed by atoms with Crippen molar-refractivity contribution >= 4 is 17.5 Å². The van der Waals surface area contributed by atoms with Gasteiger partial charge in [-0.05, 0) is 12.1 Å². The Balaban J connectivity index is 2.23. The number of amides is 2. The summed E-state index contributed by atoms with van der Waals surface area (Å²) in [5, 5.41) is 0. The molecule has 0 radical (unpaired) electrons. The maximum atomic E-state index is 12.7. The normalized spacial score (nSPS) is 17.0. The lowest BCUT2D eigenvalue weighted by Crippen LogP contribution is -2.43. The summed E-state index contributed by atoms with van der Waals surface area (Å²) in [5.41, 5.74) is 0.406. The van der Waals surface area contributed by atoms with E-state index in [1.165, 1.54) is 25.2 Å². The number of ether oxygens (including phenoxy) is 2. The molecule has 0 saturated carbocycles. The summed E-state index contributed by atoms with van der Waals surface area (Å²) in [7, 11) is 2.90. The van der Waals surface area contributed by atoms with Gasteiger partial charge < -0.3 is 19.3 Å². The summed E-state index contributed by atoms with van der Waals surface area (Å²) in [6.45, 7) is 1.73. The minimum absolute atomic E-state index is 0.0350. The zero-order chi connectivity index (χ0) is 20.2. The molecule has 0 N–H and O–H groups in total. The molecule has 1 aliphatic heterocycles. The van der Waals surface area contributed by atoms with E-state index in [9.17, 15) is 22.8 Å². The van der Waals surface area contributed by atoms with Crippen molar-refractivity contribution in [3.8, 4) is 11.5 Å². The van der Waals surface area contributed by atoms with Crippen LogP contribution in [0.25, 0.3) is 0 Å². The van der Waals surface area contributed by atoms with Gasteiger partial charge in [0, 0.05) is 25.6 Å². The number of anilines is 1. The fourth-order valence-corrected chi connectivity index (χ4v) is 2.98. The standard InChI is InChI=1S/C18H21F3N2O4/c1-4-7-22(11-18(19,20)21)17(25)12-8-16(24)23(10-12)14-9-13(26-2)5-6-15(14)27-3/h4-6,9,12H,1,7-8,10-11H2,2-3H3. The molecule has 27 heavy (non-hydrogen) atoms. The number of carbonyl (C=O) groups excluding carboxylic acids is 2. The molecular formula is C18H21F3N2O4. The predicted octanol–water partition coefficient (Wildman–Crippen LogP) is 2.63. The molecule has 0 spiro atoms. The Kier molecular flexibility index (Phi) is 6.35. The van der Waals surface area contributed by atoms with E-state index in [-0.39, 0.29) is 25.4 Å². The molecule has 0 aliphatic carbocycles. The number of methoxy groups -OCH3 is 2. The van der Waals surface area contributed by atoms with Gasteiger partial charge in [-0.15, -0.1) is 6.58 Å². The summed E-state index contributed by atoms with van der Waals surface area (Å²) >= 11 is 0. The Morgan fingerprint density at radius 3 is 2.63 bits per heavy atom. The van der Waals surface area contributed by atoms with Crippen LogP contribution in [0.4, 0.5) is 18.9 Å². The zero-order valence-electron chi connectivity index (χ0n) is 15.1. The lowest BCUT2D eigenvalue weighted by atomic mass is 10.1. The van der Waals surface area contributed by atoms with Gasteiger partial charge in [0.2, 0.25) is 11.8 Å². The van der Waals surface area contributed by atoms with Gasteiger partial charge in [0.05, 0.1) is 25.8 Å². The minimum Gasteiger partial charge on any atom is -0.497 e. The van der Waals surface area contributed by atoms with Crippen molar-refractivity contribution in [2.24, 2.45) is 5.92 Å². The molecule has 148 valence electrons. The SMILES string of the molecule is C=CCN(CC(F)(F)F)C(=O)C1CC(=O)N(c2cc(OC)ccc2OC)C1. The summed E-state index contributed by atoms with van der Waals surface area (Å²) in [4.78, 5) is 27.0. The van der Waals surface area contributed by atoms with Gasteiger partial charge in [-0.2, -0.15) is 13.2 Å². The van der Waals surface area contributed by atoms with Crippen LogP contribution in [0.1, 0.15) is 6.42 Å². The van der Waals surface area contributed by atoms with Crippen LogP contribution in [0.15, 0.2) is 30.9 Å². The number of nitrogens with zero attached hydrogens (tertiary/aromatic N) is 2. The average Bonchev–Trinajstić information content (AvgIpc) is 3.00. The van der Waals surface area contributed by atoms with Crippen molar-refractivity contribution in [3.63, 3.8) is 0 Å². The third-order valence-electron chi connectivity index (χ3n) is 4.18. The Bertz CT molecular complexity index is 721. The van der Waals surface area contributed by atoms with E-state index in [1.807, 2.05) is 0 Å². The van der Waals surface area contributed by atoms with E-state index in [1.54, 1.807) is 18.2 Å². The van der Waals surface area contributed by atoms with Crippen LogP contribution in [0.2, 0.25) is 0 Å². The molecule has 1 aromatic carbocycles. The fraction of sp³-hybridized carbons (Fsp3) is 0.444. The molecular weight excluding hydrogens is 365 g/mol. The van der Waals surface area contributed by atoms with Crippen molar-refractivity contribution in [2.75, 3.05) is 38.8 Å². The van der Waals surface area contributed by atoms with E-state index in [0.29, 0.717) is 22.1 Å². The average molecular weight is 386 g/mol. The fourth-order valence-electron chi connectivity index (χ4n) is 2.98. The summed E-state index contributed by atoms with van der Waals surface area (Å²) < 4.78 is 48.6. The zero-order valence-corrected chi connectivity index (χ0v) is 15.1. The van der Waals surface area contributed by atoms with Crippen molar-refractivity contribution in [1.82, 2.24) is 4.90 Å². The Morgan fingerprint density at radius 2 is 2.07 bits per heavy atom. The number of carbonyl (C=O) groups is 2. The second kappa shape index (κ2) is 8.32. The number of benzene rings is 1. The monoisotopic (exact) mass is 386 g/mol. The van der Waals surface area contributed by atoms with Gasteiger partial charge in [0.1, 0.15) is 18.0 Å². The highest BCUT2D eigenvalue weighted by atomic mass is 19.4. The molecule has 1 fully saturated rings. The molecule has 1 saturated heterocycles. The summed E-state index contributed by atoms with van der Waals surface area (Å²) in [6, 6.07) is 4.85. The number of hydrogen-bond acceptors (Lipinski definition) is 4. The van der Waals surface area contributed by atoms with Gasteiger partial charge in [0.15, 0.2) is 0 Å². The number of hydrogen-bond donors (Lipinski definition) is 0. The van der Waals surface area contributed by atoms with Crippen molar-refractivity contribution in [3.05, 3.63) is 30.9 Å². The van der Waals surface area contributed by atoms with Gasteiger partial charge in [-0.25, -0.2) is 0 Å². The largest absolute Gasteiger partial charge is 0.497 e. The van der Waals surface area contributed by atoms with Gasteiger partial charge >= 0.3 is 6.18 Å². The first-order valence-corrected chi connectivity index (χ1v) is 8.19. The molecule has 0 aromatic heterocycles. The Labute approximate surface area is 155 Å². The first kappa shape index (κ1) is 20.6. The van der Waals surface area contributed by atoms with Crippen LogP contribution in [0, 0.1) is 5.92 Å². The highest BCUT2D eigenvalue weighted by molar-refractivity contribution is 6.01. The van der Waals surface area contributed by atoms with E-state index < -0.39 is 24.5 Å². The molecule has 1 aliphatic rings. The van der Waals surface area contributed by atoms with E-state index in [0.717, 1.165) is 0 Å². The maximum Gasteiger partial charge on any atom is 0.406 e. The van der Waals surface area contributed by atoms with E-state index in [2.05, 4.69) is 6.58 Å². The Morgan fingerprint density at radius 1 is 1.37 bits per heavy atom. The van der Waals surface area contributed by atoms with Crippen LogP contribution in [-0.4, -0.2) is 56.7 Å². The third kappa shape index (κ3) is 4.93. The second-order valence-electron chi connectivity index (χ2n) is 6.07. The topological polar surface area (TPSA) is 59.1 Å². The molecule has 9 heteroatoms. The van der Waals surface area contributed by atoms with Gasteiger partial charge in [-0.1, -0.05) is 6.08 Å². The van der Waals surface area contributed by atoms with Crippen molar-refractivity contribution < 1.29 is 32.2 Å². The van der Waals surface area contributed by atoms with Crippen LogP contribution in [0.3, 0.4) is 0 Å². The lowest BCUT2D eigenvalue weighted by molar-refractivity contribution is -0.162. The van der Waals surface area contributed by atoms with Crippen LogP contribution >= 0.6 is 0 Å². The van der Waals surface area contributed by atoms with Crippen LogP contribution < -0.4 is 14.4 Å². The van der Waals surface area contributed by atoms with Gasteiger partial charge in [0.25, 0.3) is 0 Å². The Hall–Kier alpha value is -2.71. The van der Waals surface area contributed by atoms with E-state index >= 15 is 0 Å². The van der Waals surface area contributed by atoms with Crippen molar-refractivity contribution in [1.29, 1.82) is 0 Å². The quantitative estimate of drug-likeness (QED) is 0.676. The lowest BCUT2D eigenvalue weighted by Gasteiger charge is -2.25. The minimum atomic E-state index is -4.53. The summed E-state index contributed by atoms with van der Waals surface area (Å²) in [5.74, 6) is -1.10. The smallest absolute Gasteiger partial charge is 0.406 e. The number of alkyl halides is 3. The second-order valence-corrected chi connectivity index (χ2v) is 6.07. The highest BCUT2D eigenvalue weighted by Crippen LogP contribution is 2.36.